The maximum Gasteiger partial charge on any atom is 0.505 e. The van der Waals surface area contributed by atoms with Gasteiger partial charge < -0.3 is 20.3 Å². The van der Waals surface area contributed by atoms with E-state index in [9.17, 15) is 4.79 Å². The van der Waals surface area contributed by atoms with Crippen LogP contribution in [0.25, 0.3) is 0 Å². The van der Waals surface area contributed by atoms with Gasteiger partial charge in [0.1, 0.15) is 0 Å². The van der Waals surface area contributed by atoms with E-state index in [-0.39, 0.29) is 6.61 Å². The van der Waals surface area contributed by atoms with Crippen molar-refractivity contribution < 1.29 is 19.7 Å². The van der Waals surface area contributed by atoms with Crippen molar-refractivity contribution in [3.8, 4) is 0 Å². The molecule has 0 amide bonds. The van der Waals surface area contributed by atoms with Crippen LogP contribution in [0.1, 0.15) is 32.1 Å². The number of nitrogens with one attached hydrogen (secondary N) is 1. The molecule has 0 spiro atoms. The zero-order valence-corrected chi connectivity index (χ0v) is 9.07. The first kappa shape index (κ1) is 14.2. The van der Waals surface area contributed by atoms with E-state index in [0.29, 0.717) is 13.2 Å². The monoisotopic (exact) mass is 219 g/mol. The van der Waals surface area contributed by atoms with E-state index in [4.69, 9.17) is 10.2 Å². The fourth-order valence-electron chi connectivity index (χ4n) is 1.25. The highest BCUT2D eigenvalue weighted by Gasteiger charge is 1.95. The minimum absolute atomic E-state index is 0.187. The zero-order chi connectivity index (χ0) is 11.4. The third-order valence-corrected chi connectivity index (χ3v) is 2.01. The topological polar surface area (TPSA) is 78.8 Å². The molecule has 0 aliphatic rings. The van der Waals surface area contributed by atoms with Crippen molar-refractivity contribution in [3.05, 3.63) is 0 Å². The molecular formula is C10H21NO4. The van der Waals surface area contributed by atoms with Crippen molar-refractivity contribution in [1.82, 2.24) is 5.32 Å². The molecular weight excluding hydrogens is 198 g/mol. The molecule has 0 fully saturated rings. The van der Waals surface area contributed by atoms with Crippen LogP contribution in [0.2, 0.25) is 0 Å². The highest BCUT2D eigenvalue weighted by atomic mass is 16.7. The summed E-state index contributed by atoms with van der Waals surface area (Å²) in [6.45, 7) is 2.09. The molecule has 0 aromatic rings. The summed E-state index contributed by atoms with van der Waals surface area (Å²) < 4.78 is 4.38. The average Bonchev–Trinajstić information content (AvgIpc) is 2.20. The average molecular weight is 219 g/mol. The van der Waals surface area contributed by atoms with Gasteiger partial charge in [-0.15, -0.1) is 0 Å². The molecule has 5 nitrogen and oxygen atoms in total. The summed E-state index contributed by atoms with van der Waals surface area (Å²) in [6.07, 6.45) is 3.95. The Morgan fingerprint density at radius 2 is 1.73 bits per heavy atom. The molecule has 0 unspecified atom stereocenters. The molecule has 0 aliphatic heterocycles. The van der Waals surface area contributed by atoms with Crippen LogP contribution in [-0.2, 0) is 4.74 Å². The van der Waals surface area contributed by atoms with Crippen molar-refractivity contribution in [2.75, 3.05) is 26.3 Å². The molecule has 15 heavy (non-hydrogen) atoms. The van der Waals surface area contributed by atoms with Crippen LogP contribution in [-0.4, -0.2) is 42.7 Å². The summed E-state index contributed by atoms with van der Waals surface area (Å²) in [6, 6.07) is 0. The van der Waals surface area contributed by atoms with Gasteiger partial charge in [-0.25, -0.2) is 4.79 Å². The fraction of sp³-hybridized carbons (Fsp3) is 0.900. The Labute approximate surface area is 90.4 Å². The number of hydrogen-bond acceptors (Lipinski definition) is 4. The quantitative estimate of drug-likeness (QED) is 0.380. The van der Waals surface area contributed by atoms with Gasteiger partial charge in [-0.1, -0.05) is 19.3 Å². The molecule has 90 valence electrons. The highest BCUT2D eigenvalue weighted by Crippen LogP contribution is 2.02. The predicted molar refractivity (Wildman–Crippen MR) is 57.0 cm³/mol. The largest absolute Gasteiger partial charge is 0.505 e. The maximum absolute atomic E-state index is 9.98. The SMILES string of the molecule is O=C(O)OCCCCCCCNCCO. The van der Waals surface area contributed by atoms with Gasteiger partial charge in [0.05, 0.1) is 13.2 Å². The van der Waals surface area contributed by atoms with Crippen molar-refractivity contribution in [3.63, 3.8) is 0 Å². The van der Waals surface area contributed by atoms with E-state index < -0.39 is 6.16 Å². The summed E-state index contributed by atoms with van der Waals surface area (Å²) in [4.78, 5) is 9.98. The van der Waals surface area contributed by atoms with Gasteiger partial charge in [-0.3, -0.25) is 0 Å². The van der Waals surface area contributed by atoms with Crippen LogP contribution < -0.4 is 5.32 Å². The number of carboxylic acid groups (broad SMARTS) is 1. The van der Waals surface area contributed by atoms with Crippen LogP contribution in [0.15, 0.2) is 0 Å². The smallest absolute Gasteiger partial charge is 0.450 e. The highest BCUT2D eigenvalue weighted by molar-refractivity contribution is 5.56. The first-order valence-electron chi connectivity index (χ1n) is 5.44. The van der Waals surface area contributed by atoms with Gasteiger partial charge >= 0.3 is 6.16 Å². The molecule has 0 rings (SSSR count). The predicted octanol–water partition coefficient (Wildman–Crippen LogP) is 1.21. The van der Waals surface area contributed by atoms with E-state index in [1.807, 2.05) is 0 Å². The van der Waals surface area contributed by atoms with Gasteiger partial charge in [-0.2, -0.15) is 0 Å². The lowest BCUT2D eigenvalue weighted by atomic mass is 10.1. The maximum atomic E-state index is 9.98. The van der Waals surface area contributed by atoms with Crippen molar-refractivity contribution in [2.45, 2.75) is 32.1 Å². The van der Waals surface area contributed by atoms with Gasteiger partial charge in [-0.05, 0) is 19.4 Å². The normalized spacial score (nSPS) is 10.2. The van der Waals surface area contributed by atoms with Gasteiger partial charge in [0.25, 0.3) is 0 Å². The summed E-state index contributed by atoms with van der Waals surface area (Å²) in [7, 11) is 0. The first-order valence-corrected chi connectivity index (χ1v) is 5.44. The lowest BCUT2D eigenvalue weighted by Gasteiger charge is -2.03. The van der Waals surface area contributed by atoms with Gasteiger partial charge in [0, 0.05) is 6.54 Å². The number of aliphatic hydroxyl groups is 1. The molecule has 0 atom stereocenters. The molecule has 0 saturated carbocycles. The van der Waals surface area contributed by atoms with Crippen LogP contribution in [0.4, 0.5) is 4.79 Å². The Morgan fingerprint density at radius 1 is 1.07 bits per heavy atom. The van der Waals surface area contributed by atoms with Crippen molar-refractivity contribution in [2.24, 2.45) is 0 Å². The Balaban J connectivity index is 2.89. The fourth-order valence-corrected chi connectivity index (χ4v) is 1.25. The molecule has 0 aromatic carbocycles. The lowest BCUT2D eigenvalue weighted by Crippen LogP contribution is -2.19. The minimum Gasteiger partial charge on any atom is -0.450 e. The molecule has 0 aromatic heterocycles. The van der Waals surface area contributed by atoms with Crippen LogP contribution in [0.5, 0.6) is 0 Å². The standard InChI is InChI=1S/C10H21NO4/c12-8-7-11-6-4-2-1-3-5-9-15-10(13)14/h11-12H,1-9H2,(H,13,14). The number of unbranched alkanes of at least 4 members (excludes halogenated alkanes) is 4. The van der Waals surface area contributed by atoms with Crippen molar-refractivity contribution in [1.29, 1.82) is 0 Å². The van der Waals surface area contributed by atoms with Crippen molar-refractivity contribution >= 4 is 6.16 Å². The minimum atomic E-state index is -1.19. The van der Waals surface area contributed by atoms with E-state index in [0.717, 1.165) is 38.6 Å². The Morgan fingerprint density at radius 3 is 2.40 bits per heavy atom. The second-order valence-electron chi connectivity index (χ2n) is 3.36. The molecule has 0 heterocycles. The summed E-state index contributed by atoms with van der Waals surface area (Å²) in [5.41, 5.74) is 0. The second kappa shape index (κ2) is 11.3. The first-order chi connectivity index (χ1) is 7.27. The molecule has 0 radical (unpaired) electrons. The van der Waals surface area contributed by atoms with E-state index >= 15 is 0 Å². The summed E-state index contributed by atoms with van der Waals surface area (Å²) >= 11 is 0. The summed E-state index contributed by atoms with van der Waals surface area (Å²) in [5, 5.41) is 19.8. The van der Waals surface area contributed by atoms with Gasteiger partial charge in [0.15, 0.2) is 0 Å². The third-order valence-electron chi connectivity index (χ3n) is 2.01. The Bertz CT molecular complexity index is 152. The van der Waals surface area contributed by atoms with E-state index in [2.05, 4.69) is 10.1 Å². The number of ether oxygens (including phenoxy) is 1. The molecule has 5 heteroatoms. The molecule has 0 aliphatic carbocycles. The third kappa shape index (κ3) is 13.2. The van der Waals surface area contributed by atoms with Crippen LogP contribution in [0.3, 0.4) is 0 Å². The van der Waals surface area contributed by atoms with E-state index in [1.54, 1.807) is 0 Å². The van der Waals surface area contributed by atoms with Crippen LogP contribution >= 0.6 is 0 Å². The zero-order valence-electron chi connectivity index (χ0n) is 9.07. The van der Waals surface area contributed by atoms with Crippen LogP contribution in [0, 0.1) is 0 Å². The number of rotatable bonds is 10. The number of aliphatic hydroxyl groups excluding tert-OH is 1. The summed E-state index contributed by atoms with van der Waals surface area (Å²) in [5.74, 6) is 0. The molecule has 3 N–H and O–H groups in total. The Hall–Kier alpha value is -0.810. The molecule has 0 bridgehead atoms. The van der Waals surface area contributed by atoms with Gasteiger partial charge in [0.2, 0.25) is 0 Å². The second-order valence-corrected chi connectivity index (χ2v) is 3.36. The van der Waals surface area contributed by atoms with E-state index in [1.165, 1.54) is 0 Å². The molecule has 0 saturated heterocycles. The number of carbonyl (C=O) groups is 1. The lowest BCUT2D eigenvalue weighted by molar-refractivity contribution is 0.0899. The Kier molecular flexibility index (Phi) is 10.7. The number of hydrogen-bond donors (Lipinski definition) is 3.